The second-order valence-corrected chi connectivity index (χ2v) is 22.3. The minimum absolute atomic E-state index is 0.297. The third-order valence-corrected chi connectivity index (χ3v) is 5.10. The lowest BCUT2D eigenvalue weighted by molar-refractivity contribution is -0.129. The van der Waals surface area contributed by atoms with Gasteiger partial charge < -0.3 is 13.3 Å². The highest BCUT2D eigenvalue weighted by Crippen LogP contribution is 2.33. The second kappa shape index (κ2) is 7.92. The molecule has 0 saturated heterocycles. The van der Waals surface area contributed by atoms with Crippen LogP contribution in [0.2, 0.25) is 58.9 Å². The highest BCUT2D eigenvalue weighted by Gasteiger charge is 2.23. The predicted octanol–water partition coefficient (Wildman–Crippen LogP) is 5.51. The maximum Gasteiger partial charge on any atom is 0.317 e. The molecular weight excluding hydrogens is 364 g/mol. The van der Waals surface area contributed by atoms with Gasteiger partial charge in [-0.25, -0.2) is 4.79 Å². The van der Waals surface area contributed by atoms with E-state index < -0.39 is 25.0 Å². The first-order valence-electron chi connectivity index (χ1n) is 8.58. The topological polar surface area (TPSA) is 44.8 Å². The lowest BCUT2D eigenvalue weighted by atomic mass is 10.2. The second-order valence-electron chi connectivity index (χ2n) is 9.00. The van der Waals surface area contributed by atoms with Crippen LogP contribution in [0, 0.1) is 0 Å². The average molecular weight is 397 g/mol. The normalized spacial score (nSPS) is 13.0. The molecule has 0 radical (unpaired) electrons. The van der Waals surface area contributed by atoms with E-state index in [2.05, 4.69) is 39.3 Å². The van der Waals surface area contributed by atoms with E-state index in [0.717, 1.165) is 17.1 Å². The van der Waals surface area contributed by atoms with Crippen LogP contribution in [0.3, 0.4) is 0 Å². The van der Waals surface area contributed by atoms with Gasteiger partial charge in [-0.15, -0.1) is 0 Å². The smallest absolute Gasteiger partial charge is 0.317 e. The summed E-state index contributed by atoms with van der Waals surface area (Å²) in [6.45, 7) is 18.8. The van der Waals surface area contributed by atoms with Gasteiger partial charge in [0.25, 0.3) is 0 Å². The zero-order chi connectivity index (χ0) is 19.5. The van der Waals surface area contributed by atoms with E-state index in [1.54, 1.807) is 6.08 Å². The minimum Gasteiger partial charge on any atom is -0.542 e. The molecule has 25 heavy (non-hydrogen) atoms. The molecule has 0 unspecified atom stereocenters. The van der Waals surface area contributed by atoms with Crippen LogP contribution in [0.1, 0.15) is 5.56 Å². The van der Waals surface area contributed by atoms with Crippen LogP contribution >= 0.6 is 0 Å². The fourth-order valence-corrected chi connectivity index (χ4v) is 4.27. The molecule has 7 heteroatoms. The van der Waals surface area contributed by atoms with Crippen LogP contribution in [0.15, 0.2) is 24.3 Å². The number of rotatable bonds is 7. The van der Waals surface area contributed by atoms with Gasteiger partial charge in [-0.3, -0.25) is 0 Å². The van der Waals surface area contributed by atoms with Gasteiger partial charge in [0, 0.05) is 6.08 Å². The van der Waals surface area contributed by atoms with Gasteiger partial charge in [-0.05, 0) is 82.7 Å². The first kappa shape index (κ1) is 21.7. The van der Waals surface area contributed by atoms with Crippen molar-refractivity contribution in [3.63, 3.8) is 0 Å². The van der Waals surface area contributed by atoms with Gasteiger partial charge in [0.1, 0.15) is 11.5 Å². The van der Waals surface area contributed by atoms with Crippen molar-refractivity contribution in [3.05, 3.63) is 29.8 Å². The van der Waals surface area contributed by atoms with Crippen molar-refractivity contribution in [2.75, 3.05) is 0 Å². The van der Waals surface area contributed by atoms with E-state index in [9.17, 15) is 4.79 Å². The number of hydrogen-bond acceptors (Lipinski definition) is 4. The lowest BCUT2D eigenvalue weighted by Crippen LogP contribution is -2.32. The lowest BCUT2D eigenvalue weighted by Gasteiger charge is -2.26. The molecular formula is C18H32O4Si3. The summed E-state index contributed by atoms with van der Waals surface area (Å²) in [4.78, 5) is 11.9. The van der Waals surface area contributed by atoms with Crippen LogP contribution in [-0.2, 0) is 9.22 Å². The van der Waals surface area contributed by atoms with Crippen molar-refractivity contribution >= 4 is 37.0 Å². The maximum absolute atomic E-state index is 11.9. The van der Waals surface area contributed by atoms with Crippen molar-refractivity contribution in [2.24, 2.45) is 0 Å². The Kier molecular flexibility index (Phi) is 6.88. The summed E-state index contributed by atoms with van der Waals surface area (Å²) in [7, 11) is -5.39. The zero-order valence-corrected chi connectivity index (χ0v) is 20.0. The Bertz CT molecular complexity index is 635. The first-order chi connectivity index (χ1) is 11.1. The van der Waals surface area contributed by atoms with E-state index in [1.165, 1.54) is 6.08 Å². The molecule has 0 aliphatic heterocycles. The van der Waals surface area contributed by atoms with E-state index in [-0.39, 0.29) is 5.97 Å². The van der Waals surface area contributed by atoms with Crippen LogP contribution < -0.4 is 8.85 Å². The molecule has 0 heterocycles. The van der Waals surface area contributed by atoms with Gasteiger partial charge >= 0.3 is 5.97 Å². The third-order valence-electron chi connectivity index (χ3n) is 2.62. The van der Waals surface area contributed by atoms with Crippen LogP contribution in [0.25, 0.3) is 6.08 Å². The summed E-state index contributed by atoms with van der Waals surface area (Å²) < 4.78 is 17.8. The Morgan fingerprint density at radius 2 is 1.32 bits per heavy atom. The van der Waals surface area contributed by atoms with E-state index >= 15 is 0 Å². The first-order valence-corrected chi connectivity index (χ1v) is 18.8. The molecule has 0 aliphatic rings. The van der Waals surface area contributed by atoms with E-state index in [4.69, 9.17) is 13.3 Å². The number of benzene rings is 1. The zero-order valence-electron chi connectivity index (χ0n) is 17.0. The fraction of sp³-hybridized carbons (Fsp3) is 0.500. The molecule has 0 atom stereocenters. The molecule has 0 bridgehead atoms. The van der Waals surface area contributed by atoms with E-state index in [0.29, 0.717) is 0 Å². The third kappa shape index (κ3) is 9.66. The van der Waals surface area contributed by atoms with Gasteiger partial charge in [0.2, 0.25) is 25.0 Å². The number of carbonyl (C=O) groups excluding carboxylic acids is 1. The molecule has 0 fully saturated rings. The standard InChI is InChI=1S/C18H32O4Si3/c1-23(2,3)20-16-12-10-15(14-17(16)21-24(4,5)6)11-13-18(19)22-25(7,8)9/h10-14H,1-9H3/b13-11-. The van der Waals surface area contributed by atoms with Crippen molar-refractivity contribution in [3.8, 4) is 11.5 Å². The predicted molar refractivity (Wildman–Crippen MR) is 113 cm³/mol. The summed E-state index contributed by atoms with van der Waals surface area (Å²) >= 11 is 0. The average Bonchev–Trinajstić information content (AvgIpc) is 2.33. The van der Waals surface area contributed by atoms with Gasteiger partial charge in [-0.1, -0.05) is 6.07 Å². The van der Waals surface area contributed by atoms with E-state index in [1.807, 2.05) is 37.8 Å². The fourth-order valence-electron chi connectivity index (χ4n) is 1.95. The quantitative estimate of drug-likeness (QED) is 0.450. The highest BCUT2D eigenvalue weighted by atomic mass is 28.4. The molecule has 1 aromatic carbocycles. The maximum atomic E-state index is 11.9. The molecule has 0 N–H and O–H groups in total. The number of carbonyl (C=O) groups is 1. The molecule has 1 rings (SSSR count). The van der Waals surface area contributed by atoms with Crippen molar-refractivity contribution in [2.45, 2.75) is 58.9 Å². The largest absolute Gasteiger partial charge is 0.542 e. The molecule has 0 amide bonds. The Morgan fingerprint density at radius 3 is 1.80 bits per heavy atom. The summed E-state index contributed by atoms with van der Waals surface area (Å²) in [5.74, 6) is 1.24. The molecule has 1 aromatic rings. The molecule has 4 nitrogen and oxygen atoms in total. The van der Waals surface area contributed by atoms with Crippen LogP contribution in [-0.4, -0.2) is 30.9 Å². The summed E-state index contributed by atoms with van der Waals surface area (Å²) in [6.07, 6.45) is 3.24. The monoisotopic (exact) mass is 396 g/mol. The minimum atomic E-state index is -1.87. The highest BCUT2D eigenvalue weighted by molar-refractivity contribution is 6.71. The Balaban J connectivity index is 3.07. The van der Waals surface area contributed by atoms with Crippen molar-refractivity contribution in [1.82, 2.24) is 0 Å². The number of hydrogen-bond donors (Lipinski definition) is 0. The van der Waals surface area contributed by atoms with Gasteiger partial charge in [0.05, 0.1) is 0 Å². The van der Waals surface area contributed by atoms with Crippen molar-refractivity contribution in [1.29, 1.82) is 0 Å². The van der Waals surface area contributed by atoms with Gasteiger partial charge in [-0.2, -0.15) is 0 Å². The Hall–Kier alpha value is -1.32. The Labute approximate surface area is 155 Å². The molecule has 0 aromatic heterocycles. The summed E-state index contributed by atoms with van der Waals surface area (Å²) in [6, 6.07) is 5.80. The SMILES string of the molecule is C[Si](C)(C)OC(=O)/C=C\c1ccc(O[Si](C)(C)C)c(O[Si](C)(C)C)c1. The van der Waals surface area contributed by atoms with Crippen LogP contribution in [0.4, 0.5) is 0 Å². The van der Waals surface area contributed by atoms with Crippen molar-refractivity contribution < 1.29 is 18.1 Å². The molecule has 0 saturated carbocycles. The molecule has 0 aliphatic carbocycles. The summed E-state index contributed by atoms with van der Waals surface area (Å²) in [5.41, 5.74) is 0.892. The summed E-state index contributed by atoms with van der Waals surface area (Å²) in [5, 5.41) is 0. The molecule has 0 spiro atoms. The Morgan fingerprint density at radius 1 is 0.800 bits per heavy atom. The van der Waals surface area contributed by atoms with Gasteiger partial charge in [0.15, 0.2) is 0 Å². The molecule has 140 valence electrons. The van der Waals surface area contributed by atoms with Crippen LogP contribution in [0.5, 0.6) is 11.5 Å².